The largest absolute Gasteiger partial charge is 0.491 e. The number of rotatable bonds is 8. The zero-order valence-corrected chi connectivity index (χ0v) is 13.1. The molecule has 0 aliphatic heterocycles. The summed E-state index contributed by atoms with van der Waals surface area (Å²) in [5, 5.41) is 11.3. The minimum atomic E-state index is -1.09. The number of hydrogen-bond acceptors (Lipinski definition) is 3. The Hall–Kier alpha value is -2.53. The lowest BCUT2D eigenvalue weighted by Gasteiger charge is -2.18. The topological polar surface area (TPSA) is 67.8 Å². The molecule has 2 aromatic carbocycles. The number of carboxylic acid groups (broad SMARTS) is 1. The summed E-state index contributed by atoms with van der Waals surface area (Å²) in [6.07, 6.45) is -1.09. The van der Waals surface area contributed by atoms with E-state index in [1.807, 2.05) is 61.5 Å². The van der Waals surface area contributed by atoms with Crippen molar-refractivity contribution >= 4 is 6.09 Å². The Bertz CT molecular complexity index is 615. The normalized spacial score (nSPS) is 11.7. The van der Waals surface area contributed by atoms with E-state index in [4.69, 9.17) is 14.6 Å². The molecule has 0 saturated carbocycles. The van der Waals surface area contributed by atoms with Crippen molar-refractivity contribution in [2.45, 2.75) is 19.6 Å². The molecule has 2 aromatic rings. The van der Waals surface area contributed by atoms with Crippen LogP contribution in [0.4, 0.5) is 4.79 Å². The van der Waals surface area contributed by atoms with Crippen molar-refractivity contribution in [2.24, 2.45) is 0 Å². The summed E-state index contributed by atoms with van der Waals surface area (Å²) >= 11 is 0. The van der Waals surface area contributed by atoms with Gasteiger partial charge in [0.25, 0.3) is 0 Å². The van der Waals surface area contributed by atoms with Crippen molar-refractivity contribution in [1.29, 1.82) is 0 Å². The average molecular weight is 315 g/mol. The highest BCUT2D eigenvalue weighted by molar-refractivity contribution is 5.64. The molecule has 5 heteroatoms. The molecule has 0 bridgehead atoms. The van der Waals surface area contributed by atoms with Gasteiger partial charge in [-0.2, -0.15) is 0 Å². The monoisotopic (exact) mass is 315 g/mol. The summed E-state index contributed by atoms with van der Waals surface area (Å²) in [6.45, 7) is 2.86. The van der Waals surface area contributed by atoms with Gasteiger partial charge in [0, 0.05) is 0 Å². The van der Waals surface area contributed by atoms with Crippen LogP contribution in [-0.4, -0.2) is 30.5 Å². The maximum atomic E-state index is 10.9. The number of hydrogen-bond donors (Lipinski definition) is 2. The quantitative estimate of drug-likeness (QED) is 0.785. The van der Waals surface area contributed by atoms with Gasteiger partial charge in [-0.1, -0.05) is 42.5 Å². The lowest BCUT2D eigenvalue weighted by Crippen LogP contribution is -2.41. The van der Waals surface area contributed by atoms with Gasteiger partial charge in [0.1, 0.15) is 12.4 Å². The molecular formula is C18H21NO4. The first-order chi connectivity index (χ1) is 11.1. The Morgan fingerprint density at radius 3 is 2.61 bits per heavy atom. The summed E-state index contributed by atoms with van der Waals surface area (Å²) in [6, 6.07) is 16.9. The van der Waals surface area contributed by atoms with Crippen LogP contribution >= 0.6 is 0 Å². The molecule has 0 heterocycles. The summed E-state index contributed by atoms with van der Waals surface area (Å²) in [7, 11) is 0. The third-order valence-electron chi connectivity index (χ3n) is 3.20. The lowest BCUT2D eigenvalue weighted by atomic mass is 10.2. The smallest absolute Gasteiger partial charge is 0.405 e. The first kappa shape index (κ1) is 16.8. The van der Waals surface area contributed by atoms with Gasteiger partial charge in [-0.3, -0.25) is 0 Å². The van der Waals surface area contributed by atoms with Crippen LogP contribution in [0.1, 0.15) is 11.1 Å². The molecule has 5 nitrogen and oxygen atoms in total. The van der Waals surface area contributed by atoms with Gasteiger partial charge in [-0.15, -0.1) is 0 Å². The Labute approximate surface area is 135 Å². The molecule has 0 aliphatic carbocycles. The van der Waals surface area contributed by atoms with E-state index < -0.39 is 12.1 Å². The second-order valence-corrected chi connectivity index (χ2v) is 5.27. The highest BCUT2D eigenvalue weighted by Gasteiger charge is 2.13. The first-order valence-corrected chi connectivity index (χ1v) is 7.44. The Morgan fingerprint density at radius 2 is 1.91 bits per heavy atom. The predicted molar refractivity (Wildman–Crippen MR) is 87.7 cm³/mol. The first-order valence-electron chi connectivity index (χ1n) is 7.44. The molecule has 2 rings (SSSR count). The van der Waals surface area contributed by atoms with Gasteiger partial charge >= 0.3 is 6.09 Å². The Morgan fingerprint density at radius 1 is 1.13 bits per heavy atom. The van der Waals surface area contributed by atoms with Crippen molar-refractivity contribution in [3.8, 4) is 5.75 Å². The SMILES string of the molecule is Cc1cccc(OC[C@H](COCc2ccccc2)NC(=O)O)c1. The van der Waals surface area contributed by atoms with Crippen LogP contribution < -0.4 is 10.1 Å². The van der Waals surface area contributed by atoms with Crippen molar-refractivity contribution < 1.29 is 19.4 Å². The van der Waals surface area contributed by atoms with Crippen molar-refractivity contribution in [3.63, 3.8) is 0 Å². The van der Waals surface area contributed by atoms with E-state index in [0.29, 0.717) is 12.4 Å². The minimum absolute atomic E-state index is 0.213. The van der Waals surface area contributed by atoms with Gasteiger partial charge in [0.15, 0.2) is 0 Å². The van der Waals surface area contributed by atoms with Crippen LogP contribution in [0.5, 0.6) is 5.75 Å². The van der Waals surface area contributed by atoms with Crippen LogP contribution in [0.15, 0.2) is 54.6 Å². The molecule has 0 spiro atoms. The van der Waals surface area contributed by atoms with Crippen molar-refractivity contribution in [2.75, 3.05) is 13.2 Å². The minimum Gasteiger partial charge on any atom is -0.491 e. The molecule has 0 unspecified atom stereocenters. The molecule has 0 radical (unpaired) electrons. The molecule has 1 atom stereocenters. The third-order valence-corrected chi connectivity index (χ3v) is 3.20. The van der Waals surface area contributed by atoms with E-state index in [1.165, 1.54) is 0 Å². The molecular weight excluding hydrogens is 294 g/mol. The summed E-state index contributed by atoms with van der Waals surface area (Å²) in [5.41, 5.74) is 2.13. The summed E-state index contributed by atoms with van der Waals surface area (Å²) in [4.78, 5) is 10.9. The van der Waals surface area contributed by atoms with E-state index in [1.54, 1.807) is 0 Å². The molecule has 0 aliphatic rings. The maximum absolute atomic E-state index is 10.9. The fourth-order valence-corrected chi connectivity index (χ4v) is 2.10. The Balaban J connectivity index is 1.82. The third kappa shape index (κ3) is 6.40. The average Bonchev–Trinajstić information content (AvgIpc) is 2.53. The number of ether oxygens (including phenoxy) is 2. The molecule has 2 N–H and O–H groups in total. The number of amides is 1. The van der Waals surface area contributed by atoms with Gasteiger partial charge in [0.05, 0.1) is 19.3 Å². The summed E-state index contributed by atoms with van der Waals surface area (Å²) < 4.78 is 11.2. The number of nitrogens with one attached hydrogen (secondary N) is 1. The van der Waals surface area contributed by atoms with Crippen molar-refractivity contribution in [3.05, 3.63) is 65.7 Å². The van der Waals surface area contributed by atoms with Crippen LogP contribution in [0.25, 0.3) is 0 Å². The molecule has 1 amide bonds. The highest BCUT2D eigenvalue weighted by atomic mass is 16.5. The molecule has 0 fully saturated rings. The van der Waals surface area contributed by atoms with Gasteiger partial charge in [0.2, 0.25) is 0 Å². The Kier molecular flexibility index (Phi) is 6.44. The number of benzene rings is 2. The standard InChI is InChI=1S/C18H21NO4/c1-14-6-5-9-17(10-14)23-13-16(19-18(20)21)12-22-11-15-7-3-2-4-8-15/h2-10,16,19H,11-13H2,1H3,(H,20,21)/t16-/m0/s1. The fourth-order valence-electron chi connectivity index (χ4n) is 2.10. The predicted octanol–water partition coefficient (Wildman–Crippen LogP) is 3.23. The number of aryl methyl sites for hydroxylation is 1. The van der Waals surface area contributed by atoms with Crippen LogP contribution in [0, 0.1) is 6.92 Å². The highest BCUT2D eigenvalue weighted by Crippen LogP contribution is 2.12. The van der Waals surface area contributed by atoms with E-state index in [9.17, 15) is 4.79 Å². The molecule has 0 saturated heterocycles. The lowest BCUT2D eigenvalue weighted by molar-refractivity contribution is 0.0809. The molecule has 23 heavy (non-hydrogen) atoms. The van der Waals surface area contributed by atoms with Gasteiger partial charge < -0.3 is 19.9 Å². The zero-order valence-electron chi connectivity index (χ0n) is 13.1. The maximum Gasteiger partial charge on any atom is 0.405 e. The van der Waals surface area contributed by atoms with E-state index in [-0.39, 0.29) is 13.2 Å². The van der Waals surface area contributed by atoms with E-state index >= 15 is 0 Å². The van der Waals surface area contributed by atoms with Crippen LogP contribution in [0.2, 0.25) is 0 Å². The van der Waals surface area contributed by atoms with Gasteiger partial charge in [-0.05, 0) is 30.2 Å². The van der Waals surface area contributed by atoms with E-state index in [2.05, 4.69) is 5.32 Å². The second-order valence-electron chi connectivity index (χ2n) is 5.27. The second kappa shape index (κ2) is 8.80. The number of carbonyl (C=O) groups is 1. The molecule has 0 aromatic heterocycles. The van der Waals surface area contributed by atoms with Crippen LogP contribution in [0.3, 0.4) is 0 Å². The zero-order chi connectivity index (χ0) is 16.5. The summed E-state index contributed by atoms with van der Waals surface area (Å²) in [5.74, 6) is 0.713. The van der Waals surface area contributed by atoms with Crippen LogP contribution in [-0.2, 0) is 11.3 Å². The molecule has 122 valence electrons. The van der Waals surface area contributed by atoms with Gasteiger partial charge in [-0.25, -0.2) is 4.79 Å². The van der Waals surface area contributed by atoms with Crippen molar-refractivity contribution in [1.82, 2.24) is 5.32 Å². The van der Waals surface area contributed by atoms with E-state index in [0.717, 1.165) is 11.1 Å². The fraction of sp³-hybridized carbons (Fsp3) is 0.278.